The van der Waals surface area contributed by atoms with Gasteiger partial charge >= 0.3 is 0 Å². The monoisotopic (exact) mass is 286 g/mol. The molecular weight excluding hydrogens is 272 g/mol. The van der Waals surface area contributed by atoms with E-state index < -0.39 is 0 Å². The van der Waals surface area contributed by atoms with Crippen molar-refractivity contribution < 1.29 is 4.79 Å². The van der Waals surface area contributed by atoms with Crippen LogP contribution in [0.3, 0.4) is 0 Å². The van der Waals surface area contributed by atoms with Gasteiger partial charge in [0.2, 0.25) is 0 Å². The van der Waals surface area contributed by atoms with Crippen LogP contribution in [0.4, 0.5) is 5.69 Å². The fourth-order valence-electron chi connectivity index (χ4n) is 1.83. The average Bonchev–Trinajstić information content (AvgIpc) is 2.88. The van der Waals surface area contributed by atoms with Crippen LogP contribution in [-0.2, 0) is 0 Å². The van der Waals surface area contributed by atoms with E-state index in [-0.39, 0.29) is 11.8 Å². The number of aryl methyl sites for hydroxylation is 1. The Kier molecular flexibility index (Phi) is 4.11. The normalized spacial score (nSPS) is 10.3. The Morgan fingerprint density at radius 1 is 1.45 bits per heavy atom. The van der Waals surface area contributed by atoms with E-state index in [4.69, 9.17) is 5.26 Å². The molecule has 0 bridgehead atoms. The van der Waals surface area contributed by atoms with Gasteiger partial charge in [0.1, 0.15) is 10.9 Å². The van der Waals surface area contributed by atoms with Gasteiger partial charge in [-0.1, -0.05) is 30.5 Å². The Morgan fingerprint density at radius 3 is 2.85 bits per heavy atom. The van der Waals surface area contributed by atoms with Gasteiger partial charge in [-0.05, 0) is 36.0 Å². The van der Waals surface area contributed by atoms with Crippen LogP contribution in [0.15, 0.2) is 18.2 Å². The predicted molar refractivity (Wildman–Crippen MR) is 77.8 cm³/mol. The zero-order chi connectivity index (χ0) is 14.7. The van der Waals surface area contributed by atoms with Gasteiger partial charge in [0.05, 0.1) is 16.9 Å². The highest BCUT2D eigenvalue weighted by Gasteiger charge is 2.19. The molecule has 0 saturated heterocycles. The fourth-order valence-corrected chi connectivity index (χ4v) is 2.55. The van der Waals surface area contributed by atoms with E-state index in [1.54, 1.807) is 12.1 Å². The maximum Gasteiger partial charge on any atom is 0.269 e. The van der Waals surface area contributed by atoms with Crippen LogP contribution >= 0.6 is 11.5 Å². The molecule has 1 aromatic heterocycles. The molecule has 1 aromatic carbocycles. The molecule has 1 heterocycles. The highest BCUT2D eigenvalue weighted by molar-refractivity contribution is 7.08. The molecule has 102 valence electrons. The highest BCUT2D eigenvalue weighted by Crippen LogP contribution is 2.23. The number of amides is 1. The molecule has 20 heavy (non-hydrogen) atoms. The van der Waals surface area contributed by atoms with Crippen LogP contribution in [0, 0.1) is 18.3 Å². The van der Waals surface area contributed by atoms with Gasteiger partial charge in [0.15, 0.2) is 0 Å². The molecule has 1 N–H and O–H groups in total. The first kappa shape index (κ1) is 14.2. The number of aromatic nitrogens is 2. The van der Waals surface area contributed by atoms with E-state index in [0.29, 0.717) is 21.8 Å². The van der Waals surface area contributed by atoms with Crippen molar-refractivity contribution >= 4 is 23.1 Å². The van der Waals surface area contributed by atoms with Crippen LogP contribution in [0.1, 0.15) is 46.3 Å². The molecule has 0 aliphatic heterocycles. The fraction of sp³-hybridized carbons (Fsp3) is 0.286. The molecule has 6 heteroatoms. The molecule has 0 aliphatic rings. The first-order chi connectivity index (χ1) is 9.54. The molecule has 2 aromatic rings. The smallest absolute Gasteiger partial charge is 0.269 e. The van der Waals surface area contributed by atoms with E-state index in [9.17, 15) is 4.79 Å². The van der Waals surface area contributed by atoms with Crippen LogP contribution in [0.5, 0.6) is 0 Å². The number of hydrogen-bond donors (Lipinski definition) is 1. The summed E-state index contributed by atoms with van der Waals surface area (Å²) in [4.78, 5) is 12.8. The van der Waals surface area contributed by atoms with E-state index in [1.807, 2.05) is 26.8 Å². The van der Waals surface area contributed by atoms with Gasteiger partial charge in [0, 0.05) is 0 Å². The quantitative estimate of drug-likeness (QED) is 0.940. The third-order valence-electron chi connectivity index (χ3n) is 2.90. The van der Waals surface area contributed by atoms with Gasteiger partial charge in [-0.25, -0.2) is 0 Å². The second-order valence-electron chi connectivity index (χ2n) is 4.71. The Bertz CT molecular complexity index is 685. The minimum atomic E-state index is -0.272. The van der Waals surface area contributed by atoms with Crippen molar-refractivity contribution in [3.8, 4) is 6.07 Å². The summed E-state index contributed by atoms with van der Waals surface area (Å²) in [6.07, 6.45) is 0. The molecule has 2 rings (SSSR count). The van der Waals surface area contributed by atoms with Gasteiger partial charge in [-0.2, -0.15) is 5.26 Å². The number of hydrogen-bond acceptors (Lipinski definition) is 5. The van der Waals surface area contributed by atoms with Crippen molar-refractivity contribution in [2.75, 3.05) is 5.32 Å². The van der Waals surface area contributed by atoms with E-state index in [1.165, 1.54) is 0 Å². The minimum absolute atomic E-state index is 0.127. The van der Waals surface area contributed by atoms with Crippen LogP contribution in [-0.4, -0.2) is 15.5 Å². The number of rotatable bonds is 3. The first-order valence-electron chi connectivity index (χ1n) is 6.18. The number of nitriles is 1. The maximum atomic E-state index is 12.3. The summed E-state index contributed by atoms with van der Waals surface area (Å²) in [5.41, 5.74) is 2.50. The Morgan fingerprint density at radius 2 is 2.20 bits per heavy atom. The number of carbonyl (C=O) groups excluding carboxylic acids is 1. The summed E-state index contributed by atoms with van der Waals surface area (Å²) in [5.74, 6) is -0.145. The van der Waals surface area contributed by atoms with Crippen molar-refractivity contribution in [1.82, 2.24) is 9.59 Å². The lowest BCUT2D eigenvalue weighted by atomic mass is 10.1. The molecule has 0 aliphatic carbocycles. The number of nitrogens with zero attached hydrogens (tertiary/aromatic N) is 3. The molecule has 0 saturated carbocycles. The molecule has 0 unspecified atom stereocenters. The zero-order valence-electron chi connectivity index (χ0n) is 11.5. The lowest BCUT2D eigenvalue weighted by Gasteiger charge is -2.09. The van der Waals surface area contributed by atoms with Gasteiger partial charge in [0.25, 0.3) is 5.91 Å². The largest absolute Gasteiger partial charge is 0.320 e. The predicted octanol–water partition coefficient (Wildman–Crippen LogP) is 3.09. The number of benzene rings is 1. The molecule has 0 atom stereocenters. The summed E-state index contributed by atoms with van der Waals surface area (Å²) in [6, 6.07) is 7.47. The summed E-state index contributed by atoms with van der Waals surface area (Å²) in [5, 5.41) is 15.9. The second-order valence-corrected chi connectivity index (χ2v) is 5.46. The molecular formula is C14H14N4OS. The van der Waals surface area contributed by atoms with Crippen LogP contribution in [0.25, 0.3) is 0 Å². The first-order valence-corrected chi connectivity index (χ1v) is 6.95. The average molecular weight is 286 g/mol. The summed E-state index contributed by atoms with van der Waals surface area (Å²) in [6.45, 7) is 5.75. The third-order valence-corrected chi connectivity index (χ3v) is 3.64. The molecule has 1 amide bonds. The zero-order valence-corrected chi connectivity index (χ0v) is 12.3. The second kappa shape index (κ2) is 5.80. The van der Waals surface area contributed by atoms with Gasteiger partial charge in [-0.3, -0.25) is 4.79 Å². The lowest BCUT2D eigenvalue weighted by molar-refractivity contribution is 0.102. The minimum Gasteiger partial charge on any atom is -0.320 e. The van der Waals surface area contributed by atoms with Crippen molar-refractivity contribution in [3.05, 3.63) is 39.9 Å². The Hall–Kier alpha value is -2.26. The van der Waals surface area contributed by atoms with Crippen molar-refractivity contribution in [1.29, 1.82) is 5.26 Å². The maximum absolute atomic E-state index is 12.3. The Balaban J connectivity index is 2.31. The van der Waals surface area contributed by atoms with Gasteiger partial charge in [-0.15, -0.1) is 5.10 Å². The van der Waals surface area contributed by atoms with E-state index in [0.717, 1.165) is 17.1 Å². The number of anilines is 1. The number of nitrogens with one attached hydrogen (secondary N) is 1. The summed E-state index contributed by atoms with van der Waals surface area (Å²) in [7, 11) is 0. The molecule has 5 nitrogen and oxygen atoms in total. The van der Waals surface area contributed by atoms with E-state index in [2.05, 4.69) is 21.0 Å². The topological polar surface area (TPSA) is 78.7 Å². The standard InChI is InChI=1S/C14H14N4OS/c1-8(2)12-13(20-18-17-12)14(19)16-11-6-4-5-9(3)10(11)7-15/h4-6,8H,1-3H3,(H,16,19). The molecule has 0 radical (unpaired) electrons. The lowest BCUT2D eigenvalue weighted by Crippen LogP contribution is -2.14. The SMILES string of the molecule is Cc1cccc(NC(=O)c2snnc2C(C)C)c1C#N. The van der Waals surface area contributed by atoms with Crippen molar-refractivity contribution in [2.45, 2.75) is 26.7 Å². The van der Waals surface area contributed by atoms with Crippen molar-refractivity contribution in [3.63, 3.8) is 0 Å². The third kappa shape index (κ3) is 2.68. The van der Waals surface area contributed by atoms with Crippen molar-refractivity contribution in [2.24, 2.45) is 0 Å². The Labute approximate surface area is 121 Å². The summed E-state index contributed by atoms with van der Waals surface area (Å²) < 4.78 is 3.83. The molecule has 0 fully saturated rings. The van der Waals surface area contributed by atoms with Crippen LogP contribution in [0.2, 0.25) is 0 Å². The number of carbonyl (C=O) groups is 1. The highest BCUT2D eigenvalue weighted by atomic mass is 32.1. The van der Waals surface area contributed by atoms with Gasteiger partial charge < -0.3 is 5.32 Å². The summed E-state index contributed by atoms with van der Waals surface area (Å²) >= 11 is 1.07. The molecule has 0 spiro atoms. The van der Waals surface area contributed by atoms with Crippen LogP contribution < -0.4 is 5.32 Å². The van der Waals surface area contributed by atoms with E-state index >= 15 is 0 Å².